The second-order valence-electron chi connectivity index (χ2n) is 0.939. The Kier molecular flexibility index (Phi) is 3.62. The van der Waals surface area contributed by atoms with Gasteiger partial charge in [-0.2, -0.15) is 0 Å². The average molecular weight is 107 g/mol. The van der Waals surface area contributed by atoms with Gasteiger partial charge in [0.2, 0.25) is 0 Å². The van der Waals surface area contributed by atoms with Gasteiger partial charge in [-0.15, -0.1) is 11.8 Å². The summed E-state index contributed by atoms with van der Waals surface area (Å²) >= 11 is 1.58. The number of hydrogen-bond acceptors (Lipinski definition) is 3. The molecule has 0 saturated carbocycles. The van der Waals surface area contributed by atoms with Crippen LogP contribution in [0.15, 0.2) is 0 Å². The lowest BCUT2D eigenvalue weighted by Crippen LogP contribution is -2.07. The van der Waals surface area contributed by atoms with E-state index in [4.69, 9.17) is 5.90 Å². The summed E-state index contributed by atoms with van der Waals surface area (Å²) < 4.78 is 0. The van der Waals surface area contributed by atoms with Gasteiger partial charge in [0.05, 0.1) is 0 Å². The maximum absolute atomic E-state index is 4.76. The van der Waals surface area contributed by atoms with Gasteiger partial charge >= 0.3 is 0 Å². The highest BCUT2D eigenvalue weighted by molar-refractivity contribution is 7.99. The molecule has 0 aliphatic rings. The molecule has 0 aliphatic carbocycles. The van der Waals surface area contributed by atoms with Crippen LogP contribution in [0.5, 0.6) is 0 Å². The number of nitrogens with two attached hydrogens (primary N) is 1. The highest BCUT2D eigenvalue weighted by Crippen LogP contribution is 2.01. The summed E-state index contributed by atoms with van der Waals surface area (Å²) in [5.74, 6) is 4.76. The van der Waals surface area contributed by atoms with E-state index < -0.39 is 0 Å². The summed E-state index contributed by atoms with van der Waals surface area (Å²) in [6.45, 7) is 1.89. The van der Waals surface area contributed by atoms with E-state index in [1.807, 2.05) is 13.2 Å². The van der Waals surface area contributed by atoms with Crippen molar-refractivity contribution < 1.29 is 4.84 Å². The van der Waals surface area contributed by atoms with Crippen molar-refractivity contribution in [3.63, 3.8) is 0 Å². The van der Waals surface area contributed by atoms with Crippen LogP contribution in [0.3, 0.4) is 0 Å². The van der Waals surface area contributed by atoms with E-state index in [2.05, 4.69) is 4.84 Å². The zero-order chi connectivity index (χ0) is 4.99. The summed E-state index contributed by atoms with van der Waals surface area (Å²) in [6.07, 6.45) is 1.94. The zero-order valence-electron chi connectivity index (χ0n) is 3.97. The Morgan fingerprint density at radius 2 is 2.33 bits per heavy atom. The van der Waals surface area contributed by atoms with Crippen molar-refractivity contribution in [1.82, 2.24) is 0 Å². The molecule has 0 saturated heterocycles. The Labute approximate surface area is 42.0 Å². The smallest absolute Gasteiger partial charge is 0.121 e. The second-order valence-corrected chi connectivity index (χ2v) is 2.07. The van der Waals surface area contributed by atoms with Gasteiger partial charge in [-0.05, 0) is 13.2 Å². The first-order chi connectivity index (χ1) is 2.81. The largest absolute Gasteiger partial charge is 0.291 e. The second kappa shape index (κ2) is 3.46. The predicted molar refractivity (Wildman–Crippen MR) is 28.2 cm³/mol. The first-order valence-corrected chi connectivity index (χ1v) is 2.98. The Bertz CT molecular complexity index is 30.0. The number of hydrogen-bond donors (Lipinski definition) is 1. The normalized spacial score (nSPS) is 14.5. The lowest BCUT2D eigenvalue weighted by molar-refractivity contribution is 0.127. The Morgan fingerprint density at radius 1 is 1.83 bits per heavy atom. The van der Waals surface area contributed by atoms with Crippen LogP contribution in [0, 0.1) is 0 Å². The van der Waals surface area contributed by atoms with Gasteiger partial charge in [0, 0.05) is 0 Å². The van der Waals surface area contributed by atoms with Crippen LogP contribution < -0.4 is 5.90 Å². The molecule has 38 valence electrons. The van der Waals surface area contributed by atoms with Crippen molar-refractivity contribution >= 4 is 11.8 Å². The lowest BCUT2D eigenvalue weighted by atomic mass is 10.9. The predicted octanol–water partition coefficient (Wildman–Crippen LogP) is 0.586. The average Bonchev–Trinajstić information content (AvgIpc) is 1.65. The van der Waals surface area contributed by atoms with Gasteiger partial charge in [-0.1, -0.05) is 0 Å². The van der Waals surface area contributed by atoms with Crippen LogP contribution in [0.1, 0.15) is 6.92 Å². The molecule has 0 bridgehead atoms. The van der Waals surface area contributed by atoms with E-state index in [-0.39, 0.29) is 5.44 Å². The first kappa shape index (κ1) is 6.27. The molecule has 3 heteroatoms. The fourth-order valence-corrected chi connectivity index (χ4v) is 0.167. The minimum atomic E-state index is 0.130. The van der Waals surface area contributed by atoms with Crippen molar-refractivity contribution in [3.05, 3.63) is 0 Å². The Balaban J connectivity index is 2.75. The van der Waals surface area contributed by atoms with E-state index in [1.165, 1.54) is 0 Å². The van der Waals surface area contributed by atoms with Crippen LogP contribution >= 0.6 is 11.8 Å². The third-order valence-electron chi connectivity index (χ3n) is 0.524. The monoisotopic (exact) mass is 107 g/mol. The molecule has 0 fully saturated rings. The zero-order valence-corrected chi connectivity index (χ0v) is 4.79. The van der Waals surface area contributed by atoms with E-state index in [9.17, 15) is 0 Å². The molecule has 0 aromatic rings. The molecular formula is C3H9NOS. The highest BCUT2D eigenvalue weighted by atomic mass is 32.2. The van der Waals surface area contributed by atoms with Gasteiger partial charge in [0.25, 0.3) is 0 Å². The standard InChI is InChI=1S/C3H9NOS/c1-3(5-4)6-2/h3H,4H2,1-2H3. The summed E-state index contributed by atoms with van der Waals surface area (Å²) in [6, 6.07) is 0. The van der Waals surface area contributed by atoms with Gasteiger partial charge < -0.3 is 0 Å². The fraction of sp³-hybridized carbons (Fsp3) is 1.00. The molecule has 1 unspecified atom stereocenters. The third kappa shape index (κ3) is 2.50. The van der Waals surface area contributed by atoms with Crippen molar-refractivity contribution in [2.45, 2.75) is 12.4 Å². The molecular weight excluding hydrogens is 98.1 g/mol. The summed E-state index contributed by atoms with van der Waals surface area (Å²) in [5.41, 5.74) is 0.130. The van der Waals surface area contributed by atoms with Crippen molar-refractivity contribution in [1.29, 1.82) is 0 Å². The summed E-state index contributed by atoms with van der Waals surface area (Å²) in [5, 5.41) is 0. The van der Waals surface area contributed by atoms with Crippen LogP contribution in [-0.4, -0.2) is 11.7 Å². The SMILES string of the molecule is CSC(C)ON. The molecule has 6 heavy (non-hydrogen) atoms. The maximum atomic E-state index is 4.76. The molecule has 0 rings (SSSR count). The fourth-order valence-electron chi connectivity index (χ4n) is 0.0556. The van der Waals surface area contributed by atoms with Gasteiger partial charge in [0.15, 0.2) is 0 Å². The number of rotatable bonds is 2. The Hall–Kier alpha value is 0.270. The van der Waals surface area contributed by atoms with Crippen LogP contribution in [-0.2, 0) is 4.84 Å². The lowest BCUT2D eigenvalue weighted by Gasteiger charge is -2.00. The minimum absolute atomic E-state index is 0.130. The minimum Gasteiger partial charge on any atom is -0.291 e. The van der Waals surface area contributed by atoms with Crippen LogP contribution in [0.2, 0.25) is 0 Å². The van der Waals surface area contributed by atoms with E-state index >= 15 is 0 Å². The number of thioether (sulfide) groups is 1. The molecule has 0 aromatic carbocycles. The van der Waals surface area contributed by atoms with E-state index in [0.717, 1.165) is 0 Å². The molecule has 0 aromatic heterocycles. The summed E-state index contributed by atoms with van der Waals surface area (Å²) in [7, 11) is 0. The quantitative estimate of drug-likeness (QED) is 0.414. The van der Waals surface area contributed by atoms with Gasteiger partial charge in [-0.3, -0.25) is 4.84 Å². The molecule has 0 aliphatic heterocycles. The third-order valence-corrected chi connectivity index (χ3v) is 1.30. The highest BCUT2D eigenvalue weighted by Gasteiger charge is 1.90. The molecule has 0 heterocycles. The van der Waals surface area contributed by atoms with Crippen LogP contribution in [0.25, 0.3) is 0 Å². The van der Waals surface area contributed by atoms with E-state index in [1.54, 1.807) is 11.8 Å². The molecule has 0 amide bonds. The first-order valence-electron chi connectivity index (χ1n) is 1.69. The molecule has 2 nitrogen and oxygen atoms in total. The molecule has 2 N–H and O–H groups in total. The van der Waals surface area contributed by atoms with Crippen molar-refractivity contribution in [3.8, 4) is 0 Å². The maximum Gasteiger partial charge on any atom is 0.121 e. The van der Waals surface area contributed by atoms with Crippen molar-refractivity contribution in [2.24, 2.45) is 5.90 Å². The molecule has 1 atom stereocenters. The van der Waals surface area contributed by atoms with E-state index in [0.29, 0.717) is 0 Å². The topological polar surface area (TPSA) is 35.2 Å². The summed E-state index contributed by atoms with van der Waals surface area (Å²) in [4.78, 5) is 4.36. The molecule has 0 radical (unpaired) electrons. The Morgan fingerprint density at radius 3 is 2.33 bits per heavy atom. The van der Waals surface area contributed by atoms with Crippen molar-refractivity contribution in [2.75, 3.05) is 6.26 Å². The van der Waals surface area contributed by atoms with Crippen LogP contribution in [0.4, 0.5) is 0 Å². The van der Waals surface area contributed by atoms with Gasteiger partial charge in [-0.25, -0.2) is 5.90 Å². The molecule has 0 spiro atoms. The van der Waals surface area contributed by atoms with Gasteiger partial charge in [0.1, 0.15) is 5.44 Å².